The van der Waals surface area contributed by atoms with Crippen LogP contribution < -0.4 is 5.73 Å². The second kappa shape index (κ2) is 18.5. The van der Waals surface area contributed by atoms with Crippen LogP contribution in [0.1, 0.15) is 41.5 Å². The van der Waals surface area contributed by atoms with Crippen molar-refractivity contribution in [2.75, 3.05) is 5.73 Å². The van der Waals surface area contributed by atoms with Crippen LogP contribution in [-0.2, 0) is 0 Å². The van der Waals surface area contributed by atoms with Gasteiger partial charge >= 0.3 is 0 Å². The Bertz CT molecular complexity index is 220. The first-order chi connectivity index (χ1) is 7.34. The first-order valence-corrected chi connectivity index (χ1v) is 5.66. The van der Waals surface area contributed by atoms with Crippen molar-refractivity contribution in [3.8, 4) is 0 Å². The number of hydrogen-bond donors (Lipinski definition) is 1. The number of aliphatic imine (C=N–C) groups is 1. The third-order valence-electron chi connectivity index (χ3n) is 1.11. The van der Waals surface area contributed by atoms with Crippen molar-refractivity contribution in [3.63, 3.8) is 0 Å². The maximum absolute atomic E-state index is 5.50. The van der Waals surface area contributed by atoms with E-state index in [0.29, 0.717) is 5.69 Å². The summed E-state index contributed by atoms with van der Waals surface area (Å²) in [5.41, 5.74) is 6.92. The molecule has 0 radical (unpaired) electrons. The van der Waals surface area contributed by atoms with Gasteiger partial charge in [-0.3, -0.25) is 4.99 Å². The molecule has 0 aliphatic carbocycles. The van der Waals surface area contributed by atoms with Gasteiger partial charge in [0.05, 0.1) is 11.4 Å². The molecule has 1 aromatic rings. The van der Waals surface area contributed by atoms with Gasteiger partial charge in [-0.2, -0.15) is 0 Å². The summed E-state index contributed by atoms with van der Waals surface area (Å²) in [5, 5.41) is 0. The number of anilines is 1. The number of para-hydroxylation sites is 2. The van der Waals surface area contributed by atoms with Crippen LogP contribution in [0.2, 0.25) is 0 Å². The van der Waals surface area contributed by atoms with Gasteiger partial charge in [0.2, 0.25) is 0 Å². The molecule has 0 aromatic heterocycles. The highest BCUT2D eigenvalue weighted by atomic mass is 14.7. The van der Waals surface area contributed by atoms with Crippen molar-refractivity contribution in [3.05, 3.63) is 24.3 Å². The third kappa shape index (κ3) is 10.6. The summed E-state index contributed by atoms with van der Waals surface area (Å²) in [6, 6.07) is 7.36. The Hall–Kier alpha value is -1.31. The Morgan fingerprint density at radius 3 is 1.60 bits per heavy atom. The zero-order chi connectivity index (χ0) is 12.7. The van der Waals surface area contributed by atoms with Crippen LogP contribution in [0.4, 0.5) is 11.4 Å². The van der Waals surface area contributed by atoms with Crippen molar-refractivity contribution in [1.82, 2.24) is 0 Å². The fourth-order valence-electron chi connectivity index (χ4n) is 0.632. The molecule has 88 valence electrons. The van der Waals surface area contributed by atoms with Gasteiger partial charge < -0.3 is 5.73 Å². The molecule has 0 aliphatic rings. The highest BCUT2D eigenvalue weighted by Gasteiger charge is 1.88. The zero-order valence-electron chi connectivity index (χ0n) is 11.0. The lowest BCUT2D eigenvalue weighted by Gasteiger charge is -1.94. The van der Waals surface area contributed by atoms with Crippen LogP contribution in [0.25, 0.3) is 0 Å². The Balaban J connectivity index is -0.000000208. The minimum absolute atomic E-state index is 0.674. The molecule has 0 aliphatic heterocycles. The molecule has 2 heteroatoms. The lowest BCUT2D eigenvalue weighted by molar-refractivity contribution is 1.50. The Morgan fingerprint density at radius 1 is 0.933 bits per heavy atom. The molecule has 2 N–H and O–H groups in total. The van der Waals surface area contributed by atoms with Crippen LogP contribution >= 0.6 is 0 Å². The van der Waals surface area contributed by atoms with Gasteiger partial charge in [-0.25, -0.2) is 0 Å². The van der Waals surface area contributed by atoms with Crippen LogP contribution in [0.5, 0.6) is 0 Å². The van der Waals surface area contributed by atoms with Crippen molar-refractivity contribution in [2.24, 2.45) is 4.99 Å². The van der Waals surface area contributed by atoms with E-state index in [4.69, 9.17) is 5.73 Å². The van der Waals surface area contributed by atoms with E-state index in [1.165, 1.54) is 0 Å². The zero-order valence-corrected chi connectivity index (χ0v) is 11.0. The number of rotatable bonds is 1. The van der Waals surface area contributed by atoms with E-state index in [-0.39, 0.29) is 0 Å². The molecule has 0 spiro atoms. The molecule has 0 unspecified atom stereocenters. The van der Waals surface area contributed by atoms with Gasteiger partial charge in [0.15, 0.2) is 0 Å². The number of hydrogen-bond acceptors (Lipinski definition) is 2. The van der Waals surface area contributed by atoms with Crippen LogP contribution in [-0.4, -0.2) is 6.72 Å². The number of benzene rings is 1. The molecule has 0 saturated carbocycles. The summed E-state index contributed by atoms with van der Waals surface area (Å²) in [4.78, 5) is 3.70. The first kappa shape index (κ1) is 19.3. The third-order valence-corrected chi connectivity index (χ3v) is 1.11. The maximum Gasteiger partial charge on any atom is 0.0851 e. The minimum atomic E-state index is 0.674. The van der Waals surface area contributed by atoms with Gasteiger partial charge in [-0.05, 0) is 18.9 Å². The maximum atomic E-state index is 5.50. The summed E-state index contributed by atoms with van der Waals surface area (Å²) in [6.07, 6.45) is 0. The second-order valence-corrected chi connectivity index (χ2v) is 1.72. The van der Waals surface area contributed by atoms with Gasteiger partial charge in [0, 0.05) is 0 Å². The summed E-state index contributed by atoms with van der Waals surface area (Å²) in [7, 11) is 0. The van der Waals surface area contributed by atoms with Crippen LogP contribution in [0.15, 0.2) is 29.3 Å². The lowest BCUT2D eigenvalue weighted by atomic mass is 10.3. The number of nitrogen functional groups attached to an aromatic ring is 1. The number of nitrogens with two attached hydrogens (primary N) is 1. The highest BCUT2D eigenvalue weighted by molar-refractivity contribution is 5.64. The van der Waals surface area contributed by atoms with Crippen LogP contribution in [0, 0.1) is 0 Å². The van der Waals surface area contributed by atoms with E-state index in [1.54, 1.807) is 6.07 Å². The van der Waals surface area contributed by atoms with E-state index in [0.717, 1.165) is 5.69 Å². The summed E-state index contributed by atoms with van der Waals surface area (Å²) < 4.78 is 0. The molecule has 0 heterocycles. The Kier molecular flexibility index (Phi) is 23.8. The van der Waals surface area contributed by atoms with Crippen molar-refractivity contribution in [2.45, 2.75) is 41.5 Å². The normalized spacial score (nSPS) is 6.53. The van der Waals surface area contributed by atoms with E-state index >= 15 is 0 Å². The second-order valence-electron chi connectivity index (χ2n) is 1.72. The smallest absolute Gasteiger partial charge is 0.0851 e. The summed E-state index contributed by atoms with van der Waals surface area (Å²) >= 11 is 0. The van der Waals surface area contributed by atoms with Gasteiger partial charge in [-0.1, -0.05) is 53.7 Å². The van der Waals surface area contributed by atoms with E-state index in [9.17, 15) is 0 Å². The van der Waals surface area contributed by atoms with Gasteiger partial charge in [-0.15, -0.1) is 0 Å². The lowest BCUT2D eigenvalue weighted by Crippen LogP contribution is -1.82. The number of nitrogens with zero attached hydrogens (tertiary/aromatic N) is 1. The predicted octanol–water partition coefficient (Wildman–Crippen LogP) is 4.68. The first-order valence-electron chi connectivity index (χ1n) is 5.66. The fraction of sp³-hybridized carbons (Fsp3) is 0.462. The van der Waals surface area contributed by atoms with Crippen molar-refractivity contribution in [1.29, 1.82) is 0 Å². The largest absolute Gasteiger partial charge is 0.397 e. The topological polar surface area (TPSA) is 38.4 Å². The molecule has 0 saturated heterocycles. The summed E-state index contributed by atoms with van der Waals surface area (Å²) in [5.74, 6) is 0. The van der Waals surface area contributed by atoms with E-state index < -0.39 is 0 Å². The predicted molar refractivity (Wildman–Crippen MR) is 74.1 cm³/mol. The van der Waals surface area contributed by atoms with E-state index in [1.807, 2.05) is 59.7 Å². The Morgan fingerprint density at radius 2 is 1.33 bits per heavy atom. The molecule has 0 atom stereocenters. The SMILES string of the molecule is C=Nc1ccccc1N.CC.CC.CC. The Labute approximate surface area is 95.2 Å². The monoisotopic (exact) mass is 210 g/mol. The fourth-order valence-corrected chi connectivity index (χ4v) is 0.632. The molecule has 0 bridgehead atoms. The molecule has 15 heavy (non-hydrogen) atoms. The molecule has 1 rings (SSSR count). The average molecular weight is 210 g/mol. The standard InChI is InChI=1S/C7H8N2.3C2H6/c1-9-7-5-3-2-4-6(7)8;3*1-2/h2-5H,1,8H2;3*1-2H3. The van der Waals surface area contributed by atoms with E-state index in [2.05, 4.69) is 11.7 Å². The summed E-state index contributed by atoms with van der Waals surface area (Å²) in [6.45, 7) is 15.4. The molecule has 2 nitrogen and oxygen atoms in total. The molecular weight excluding hydrogens is 184 g/mol. The quantitative estimate of drug-likeness (QED) is 0.530. The van der Waals surface area contributed by atoms with Crippen molar-refractivity contribution >= 4 is 18.1 Å². The van der Waals surface area contributed by atoms with Crippen molar-refractivity contribution < 1.29 is 0 Å². The highest BCUT2D eigenvalue weighted by Crippen LogP contribution is 2.18. The molecular formula is C13H26N2. The minimum Gasteiger partial charge on any atom is -0.397 e. The van der Waals surface area contributed by atoms with Gasteiger partial charge in [0.1, 0.15) is 0 Å². The molecule has 1 aromatic carbocycles. The van der Waals surface area contributed by atoms with Gasteiger partial charge in [0.25, 0.3) is 0 Å². The van der Waals surface area contributed by atoms with Crippen LogP contribution in [0.3, 0.4) is 0 Å². The molecule has 0 amide bonds. The average Bonchev–Trinajstić information content (AvgIpc) is 2.37. The molecule has 0 fully saturated rings.